The van der Waals surface area contributed by atoms with Gasteiger partial charge in [0.1, 0.15) is 12.0 Å². The van der Waals surface area contributed by atoms with Gasteiger partial charge < -0.3 is 19.8 Å². The monoisotopic (exact) mass is 478 g/mol. The lowest BCUT2D eigenvalue weighted by Crippen LogP contribution is -2.36. The van der Waals surface area contributed by atoms with Crippen molar-refractivity contribution in [1.29, 1.82) is 0 Å². The van der Waals surface area contributed by atoms with E-state index in [0.29, 0.717) is 24.9 Å². The minimum Gasteiger partial charge on any atom is -0.497 e. The van der Waals surface area contributed by atoms with Gasteiger partial charge in [0, 0.05) is 19.2 Å². The minimum absolute atomic E-state index is 0. The van der Waals surface area contributed by atoms with Crippen molar-refractivity contribution < 1.29 is 9.15 Å². The Morgan fingerprint density at radius 3 is 2.41 bits per heavy atom. The molecule has 0 atom stereocenters. The van der Waals surface area contributed by atoms with Crippen molar-refractivity contribution in [2.45, 2.75) is 13.1 Å². The molecule has 0 unspecified atom stereocenters. The van der Waals surface area contributed by atoms with Crippen molar-refractivity contribution in [2.24, 2.45) is 4.99 Å². The number of halogens is 1. The van der Waals surface area contributed by atoms with Crippen molar-refractivity contribution in [2.75, 3.05) is 14.2 Å². The normalized spacial score (nSPS) is 10.8. The predicted molar refractivity (Wildman–Crippen MR) is 117 cm³/mol. The molecule has 0 radical (unpaired) electrons. The highest BCUT2D eigenvalue weighted by molar-refractivity contribution is 14.0. The van der Waals surface area contributed by atoms with Crippen molar-refractivity contribution >= 4 is 29.9 Å². The number of hydrogen-bond acceptors (Lipinski definition) is 4. The SMILES string of the molecule is CN=C(NCc1ccc(OC)cc1)NCc1coc(-c2ccccc2)n1.I. The maximum Gasteiger partial charge on any atom is 0.226 e. The summed E-state index contributed by atoms with van der Waals surface area (Å²) in [5, 5.41) is 6.51. The van der Waals surface area contributed by atoms with Gasteiger partial charge in [-0.25, -0.2) is 4.98 Å². The molecule has 0 fully saturated rings. The quantitative estimate of drug-likeness (QED) is 0.320. The standard InChI is InChI=1S/C20H22N4O2.HI/c1-21-20(22-12-15-8-10-18(25-2)11-9-15)23-13-17-14-26-19(24-17)16-6-4-3-5-7-16;/h3-11,14H,12-13H2,1-2H3,(H2,21,22,23);1H. The average Bonchev–Trinajstić information content (AvgIpc) is 3.18. The number of aromatic nitrogens is 1. The Labute approximate surface area is 176 Å². The van der Waals surface area contributed by atoms with Crippen molar-refractivity contribution in [1.82, 2.24) is 15.6 Å². The predicted octanol–water partition coefficient (Wildman–Crippen LogP) is 3.83. The Kier molecular flexibility index (Phi) is 8.12. The maximum absolute atomic E-state index is 5.54. The van der Waals surface area contributed by atoms with Crippen LogP contribution in [0.3, 0.4) is 0 Å². The molecule has 0 amide bonds. The number of hydrogen-bond donors (Lipinski definition) is 2. The third kappa shape index (κ3) is 5.99. The number of nitrogens with zero attached hydrogens (tertiary/aromatic N) is 2. The van der Waals surface area contributed by atoms with E-state index in [4.69, 9.17) is 9.15 Å². The molecular formula is C20H23IN4O2. The number of guanidine groups is 1. The Hall–Kier alpha value is -2.55. The fourth-order valence-electron chi connectivity index (χ4n) is 2.43. The first-order valence-corrected chi connectivity index (χ1v) is 8.36. The summed E-state index contributed by atoms with van der Waals surface area (Å²) in [6.45, 7) is 1.19. The number of aliphatic imine (C=N–C) groups is 1. The van der Waals surface area contributed by atoms with Crippen LogP contribution in [-0.2, 0) is 13.1 Å². The molecule has 1 aromatic heterocycles. The van der Waals surface area contributed by atoms with Crippen molar-refractivity contribution in [3.8, 4) is 17.2 Å². The van der Waals surface area contributed by atoms with E-state index in [1.807, 2.05) is 54.6 Å². The van der Waals surface area contributed by atoms with Crippen LogP contribution in [0.2, 0.25) is 0 Å². The van der Waals surface area contributed by atoms with E-state index < -0.39 is 0 Å². The van der Waals surface area contributed by atoms with E-state index in [-0.39, 0.29) is 24.0 Å². The van der Waals surface area contributed by atoms with E-state index in [1.165, 1.54) is 0 Å². The van der Waals surface area contributed by atoms with E-state index in [0.717, 1.165) is 22.6 Å². The zero-order valence-corrected chi connectivity index (χ0v) is 17.6. The van der Waals surface area contributed by atoms with Crippen LogP contribution in [0.15, 0.2) is 70.3 Å². The van der Waals surface area contributed by atoms with Crippen molar-refractivity contribution in [3.05, 3.63) is 72.1 Å². The third-order valence-electron chi connectivity index (χ3n) is 3.85. The molecule has 0 bridgehead atoms. The van der Waals surface area contributed by atoms with Crippen LogP contribution in [0.4, 0.5) is 0 Å². The summed E-state index contributed by atoms with van der Waals surface area (Å²) in [5.41, 5.74) is 2.92. The lowest BCUT2D eigenvalue weighted by molar-refractivity contribution is 0.414. The summed E-state index contributed by atoms with van der Waals surface area (Å²) in [6.07, 6.45) is 1.66. The van der Waals surface area contributed by atoms with E-state index in [2.05, 4.69) is 20.6 Å². The fraction of sp³-hybridized carbons (Fsp3) is 0.200. The molecule has 0 aliphatic heterocycles. The average molecular weight is 478 g/mol. The van der Waals surface area contributed by atoms with Crippen LogP contribution in [0.25, 0.3) is 11.5 Å². The lowest BCUT2D eigenvalue weighted by Gasteiger charge is -2.11. The Bertz CT molecular complexity index is 848. The van der Waals surface area contributed by atoms with Gasteiger partial charge in [-0.15, -0.1) is 24.0 Å². The van der Waals surface area contributed by atoms with Gasteiger partial charge in [-0.05, 0) is 29.8 Å². The molecule has 7 heteroatoms. The van der Waals surface area contributed by atoms with Gasteiger partial charge in [-0.2, -0.15) is 0 Å². The summed E-state index contributed by atoms with van der Waals surface area (Å²) in [4.78, 5) is 8.73. The molecule has 6 nitrogen and oxygen atoms in total. The smallest absolute Gasteiger partial charge is 0.226 e. The summed E-state index contributed by atoms with van der Waals surface area (Å²) in [7, 11) is 3.40. The van der Waals surface area contributed by atoms with Crippen LogP contribution in [0, 0.1) is 0 Å². The molecule has 0 saturated carbocycles. The highest BCUT2D eigenvalue weighted by Gasteiger charge is 2.07. The molecule has 1 heterocycles. The van der Waals surface area contributed by atoms with Crippen LogP contribution < -0.4 is 15.4 Å². The fourth-order valence-corrected chi connectivity index (χ4v) is 2.43. The summed E-state index contributed by atoms with van der Waals surface area (Å²) < 4.78 is 10.7. The Morgan fingerprint density at radius 2 is 1.74 bits per heavy atom. The molecule has 2 N–H and O–H groups in total. The molecule has 3 rings (SSSR count). The number of nitrogens with one attached hydrogen (secondary N) is 2. The summed E-state index contributed by atoms with van der Waals surface area (Å²) in [6, 6.07) is 17.7. The van der Waals surface area contributed by atoms with Gasteiger partial charge in [0.15, 0.2) is 5.96 Å². The second kappa shape index (κ2) is 10.6. The van der Waals surface area contributed by atoms with Gasteiger partial charge in [0.05, 0.1) is 19.3 Å². The zero-order chi connectivity index (χ0) is 18.2. The molecule has 3 aromatic rings. The van der Waals surface area contributed by atoms with Crippen LogP contribution >= 0.6 is 24.0 Å². The number of ether oxygens (including phenoxy) is 1. The van der Waals surface area contributed by atoms with Crippen LogP contribution in [-0.4, -0.2) is 25.1 Å². The van der Waals surface area contributed by atoms with Crippen molar-refractivity contribution in [3.63, 3.8) is 0 Å². The first-order chi connectivity index (χ1) is 12.8. The van der Waals surface area contributed by atoms with Gasteiger partial charge >= 0.3 is 0 Å². The Morgan fingerprint density at radius 1 is 1.04 bits per heavy atom. The second-order valence-corrected chi connectivity index (χ2v) is 5.64. The van der Waals surface area contributed by atoms with Crippen LogP contribution in [0.5, 0.6) is 5.75 Å². The third-order valence-corrected chi connectivity index (χ3v) is 3.85. The first-order valence-electron chi connectivity index (χ1n) is 8.36. The van der Waals surface area contributed by atoms with E-state index in [1.54, 1.807) is 20.4 Å². The topological polar surface area (TPSA) is 71.7 Å². The lowest BCUT2D eigenvalue weighted by atomic mass is 10.2. The molecule has 0 aliphatic carbocycles. The number of methoxy groups -OCH3 is 1. The molecule has 2 aromatic carbocycles. The molecule has 27 heavy (non-hydrogen) atoms. The summed E-state index contributed by atoms with van der Waals surface area (Å²) >= 11 is 0. The molecule has 0 aliphatic rings. The second-order valence-electron chi connectivity index (χ2n) is 5.64. The van der Waals surface area contributed by atoms with Crippen LogP contribution in [0.1, 0.15) is 11.3 Å². The van der Waals surface area contributed by atoms with Gasteiger partial charge in [-0.3, -0.25) is 4.99 Å². The van der Waals surface area contributed by atoms with Gasteiger partial charge in [0.25, 0.3) is 0 Å². The maximum atomic E-state index is 5.54. The minimum atomic E-state index is 0. The number of benzene rings is 2. The van der Waals surface area contributed by atoms with E-state index >= 15 is 0 Å². The molecule has 0 spiro atoms. The Balaban J connectivity index is 0.00000261. The first kappa shape index (κ1) is 20.8. The van der Waals surface area contributed by atoms with E-state index in [9.17, 15) is 0 Å². The molecular weight excluding hydrogens is 455 g/mol. The van der Waals surface area contributed by atoms with Gasteiger partial charge in [0.2, 0.25) is 5.89 Å². The highest BCUT2D eigenvalue weighted by atomic mass is 127. The number of oxazole rings is 1. The highest BCUT2D eigenvalue weighted by Crippen LogP contribution is 2.17. The zero-order valence-electron chi connectivity index (χ0n) is 15.3. The molecule has 142 valence electrons. The van der Waals surface area contributed by atoms with Gasteiger partial charge in [-0.1, -0.05) is 30.3 Å². The largest absolute Gasteiger partial charge is 0.497 e. The molecule has 0 saturated heterocycles. The number of rotatable bonds is 6. The summed E-state index contributed by atoms with van der Waals surface area (Å²) in [5.74, 6) is 2.16.